The Morgan fingerprint density at radius 1 is 1.26 bits per heavy atom. The fraction of sp³-hybridized carbons (Fsp3) is 0.231. The summed E-state index contributed by atoms with van der Waals surface area (Å²) in [6, 6.07) is 6.35. The highest BCUT2D eigenvalue weighted by Crippen LogP contribution is 2.34. The minimum atomic E-state index is -0.455. The van der Waals surface area contributed by atoms with Gasteiger partial charge in [0.1, 0.15) is 5.69 Å². The molecule has 0 spiro atoms. The molecule has 1 N–H and O–H groups in total. The smallest absolute Gasteiger partial charge is 0.278 e. The van der Waals surface area contributed by atoms with E-state index in [-0.39, 0.29) is 11.5 Å². The number of nitrogens with one attached hydrogen (secondary N) is 1. The monoisotopic (exact) mass is 257 g/mol. The molecule has 6 nitrogen and oxygen atoms in total. The maximum atomic E-state index is 12.0. The molecule has 2 aromatic rings. The molecule has 0 aliphatic heterocycles. The van der Waals surface area contributed by atoms with Crippen LogP contribution in [0, 0.1) is 10.1 Å². The third-order valence-electron chi connectivity index (χ3n) is 3.31. The van der Waals surface area contributed by atoms with Crippen LogP contribution in [0.4, 0.5) is 5.69 Å². The fourth-order valence-electron chi connectivity index (χ4n) is 2.44. The summed E-state index contributed by atoms with van der Waals surface area (Å²) in [7, 11) is 0. The average molecular weight is 257 g/mol. The van der Waals surface area contributed by atoms with Crippen molar-refractivity contribution in [2.75, 3.05) is 0 Å². The van der Waals surface area contributed by atoms with Crippen molar-refractivity contribution < 1.29 is 9.72 Å². The first-order chi connectivity index (χ1) is 9.18. The highest BCUT2D eigenvalue weighted by atomic mass is 16.6. The predicted octanol–water partition coefficient (Wildman–Crippen LogP) is 2.50. The Balaban J connectivity index is 2.21. The molecule has 0 bridgehead atoms. The number of nitrogens with zero attached hydrogens (tertiary/aromatic N) is 2. The molecule has 1 aliphatic rings. The summed E-state index contributed by atoms with van der Waals surface area (Å²) < 4.78 is 0. The Bertz CT molecular complexity index is 676. The van der Waals surface area contributed by atoms with Crippen molar-refractivity contribution >= 4 is 11.5 Å². The molecule has 1 aliphatic carbocycles. The van der Waals surface area contributed by atoms with E-state index in [0.29, 0.717) is 23.2 Å². The Kier molecular flexibility index (Phi) is 2.63. The van der Waals surface area contributed by atoms with Crippen molar-refractivity contribution in [1.29, 1.82) is 0 Å². The van der Waals surface area contributed by atoms with Gasteiger partial charge in [-0.2, -0.15) is 5.10 Å². The van der Waals surface area contributed by atoms with Crippen molar-refractivity contribution in [3.63, 3.8) is 0 Å². The van der Waals surface area contributed by atoms with Gasteiger partial charge in [-0.1, -0.05) is 12.1 Å². The fourth-order valence-corrected chi connectivity index (χ4v) is 2.44. The molecule has 6 heteroatoms. The van der Waals surface area contributed by atoms with Crippen molar-refractivity contribution in [3.8, 4) is 11.3 Å². The Hall–Kier alpha value is -2.50. The van der Waals surface area contributed by atoms with Crippen molar-refractivity contribution in [1.82, 2.24) is 10.2 Å². The third-order valence-corrected chi connectivity index (χ3v) is 3.31. The van der Waals surface area contributed by atoms with E-state index in [1.807, 2.05) is 0 Å². The van der Waals surface area contributed by atoms with Crippen LogP contribution in [0.25, 0.3) is 11.3 Å². The van der Waals surface area contributed by atoms with Crippen LogP contribution in [0.5, 0.6) is 0 Å². The van der Waals surface area contributed by atoms with E-state index in [4.69, 9.17) is 0 Å². The summed E-state index contributed by atoms with van der Waals surface area (Å²) in [5.74, 6) is 0.00292. The number of Topliss-reactive ketones (excluding diaryl/α,β-unsaturated/α-hetero) is 1. The number of aromatic nitrogens is 2. The minimum Gasteiger partial charge on any atom is -0.294 e. The molecule has 0 saturated carbocycles. The first-order valence-corrected chi connectivity index (χ1v) is 6.02. The number of nitro groups is 1. The highest BCUT2D eigenvalue weighted by Gasteiger charge is 2.27. The zero-order chi connectivity index (χ0) is 13.4. The number of hydrogen-bond donors (Lipinski definition) is 1. The first kappa shape index (κ1) is 11.6. The van der Waals surface area contributed by atoms with Gasteiger partial charge in [0.15, 0.2) is 5.78 Å². The molecular formula is C13H11N3O3. The van der Waals surface area contributed by atoms with E-state index in [9.17, 15) is 14.9 Å². The van der Waals surface area contributed by atoms with Gasteiger partial charge in [-0.3, -0.25) is 20.0 Å². The van der Waals surface area contributed by atoms with E-state index in [1.165, 1.54) is 6.07 Å². The summed E-state index contributed by atoms with van der Waals surface area (Å²) in [4.78, 5) is 22.6. The van der Waals surface area contributed by atoms with Crippen LogP contribution in [0.2, 0.25) is 0 Å². The van der Waals surface area contributed by atoms with Crippen molar-refractivity contribution in [3.05, 3.63) is 45.6 Å². The van der Waals surface area contributed by atoms with E-state index in [2.05, 4.69) is 10.2 Å². The number of carbonyl (C=O) groups excluding carboxylic acids is 1. The molecule has 0 unspecified atom stereocenters. The van der Waals surface area contributed by atoms with Gasteiger partial charge in [-0.25, -0.2) is 0 Å². The molecule has 1 aromatic carbocycles. The lowest BCUT2D eigenvalue weighted by molar-refractivity contribution is -0.384. The second kappa shape index (κ2) is 4.31. The van der Waals surface area contributed by atoms with E-state index in [0.717, 1.165) is 18.5 Å². The SMILES string of the molecule is O=C1CCCc2[nH]nc(-c3ccccc3[N+](=O)[O-])c21. The Morgan fingerprint density at radius 2 is 2.05 bits per heavy atom. The number of H-pyrrole nitrogens is 1. The van der Waals surface area contributed by atoms with Crippen LogP contribution < -0.4 is 0 Å². The zero-order valence-electron chi connectivity index (χ0n) is 10.0. The predicted molar refractivity (Wildman–Crippen MR) is 67.9 cm³/mol. The van der Waals surface area contributed by atoms with Crippen LogP contribution >= 0.6 is 0 Å². The van der Waals surface area contributed by atoms with Gasteiger partial charge in [0.25, 0.3) is 5.69 Å². The van der Waals surface area contributed by atoms with E-state index < -0.39 is 4.92 Å². The van der Waals surface area contributed by atoms with Gasteiger partial charge in [-0.15, -0.1) is 0 Å². The summed E-state index contributed by atoms with van der Waals surface area (Å²) in [5.41, 5.74) is 2.05. The van der Waals surface area contributed by atoms with E-state index >= 15 is 0 Å². The summed E-state index contributed by atoms with van der Waals surface area (Å²) in [6.07, 6.45) is 2.03. The number of aromatic amines is 1. The number of fused-ring (bicyclic) bond motifs is 1. The largest absolute Gasteiger partial charge is 0.294 e. The van der Waals surface area contributed by atoms with Crippen molar-refractivity contribution in [2.24, 2.45) is 0 Å². The summed E-state index contributed by atoms with van der Waals surface area (Å²) >= 11 is 0. The first-order valence-electron chi connectivity index (χ1n) is 6.02. The molecule has 0 saturated heterocycles. The number of hydrogen-bond acceptors (Lipinski definition) is 4. The van der Waals surface area contributed by atoms with E-state index in [1.54, 1.807) is 18.2 Å². The number of nitro benzene ring substituents is 1. The molecule has 0 amide bonds. The standard InChI is InChI=1S/C13H11N3O3/c17-11-7-3-5-9-12(11)13(15-14-9)8-4-1-2-6-10(8)16(18)19/h1-2,4,6H,3,5,7H2,(H,14,15). The normalized spacial score (nSPS) is 14.2. The van der Waals surface area contributed by atoms with Gasteiger partial charge >= 0.3 is 0 Å². The number of ketones is 1. The summed E-state index contributed by atoms with van der Waals surface area (Å²) in [5, 5.41) is 18.0. The average Bonchev–Trinajstić information content (AvgIpc) is 2.84. The molecule has 19 heavy (non-hydrogen) atoms. The van der Waals surface area contributed by atoms with Gasteiger partial charge in [0, 0.05) is 18.2 Å². The van der Waals surface area contributed by atoms with Gasteiger partial charge in [0.2, 0.25) is 0 Å². The van der Waals surface area contributed by atoms with Crippen LogP contribution in [-0.2, 0) is 6.42 Å². The molecule has 0 atom stereocenters. The van der Waals surface area contributed by atoms with Gasteiger partial charge in [-0.05, 0) is 18.9 Å². The lowest BCUT2D eigenvalue weighted by atomic mass is 9.92. The Labute approximate surface area is 108 Å². The lowest BCUT2D eigenvalue weighted by Gasteiger charge is -2.10. The molecular weight excluding hydrogens is 246 g/mol. The molecule has 3 rings (SSSR count). The quantitative estimate of drug-likeness (QED) is 0.661. The molecule has 96 valence electrons. The second-order valence-electron chi connectivity index (χ2n) is 4.48. The Morgan fingerprint density at radius 3 is 2.84 bits per heavy atom. The maximum Gasteiger partial charge on any atom is 0.278 e. The van der Waals surface area contributed by atoms with Crippen LogP contribution in [0.15, 0.2) is 24.3 Å². The number of carbonyl (C=O) groups is 1. The van der Waals surface area contributed by atoms with Crippen LogP contribution in [-0.4, -0.2) is 20.9 Å². The number of benzene rings is 1. The van der Waals surface area contributed by atoms with Crippen molar-refractivity contribution in [2.45, 2.75) is 19.3 Å². The van der Waals surface area contributed by atoms with Gasteiger partial charge < -0.3 is 0 Å². The zero-order valence-corrected chi connectivity index (χ0v) is 10.0. The number of para-hydroxylation sites is 1. The second-order valence-corrected chi connectivity index (χ2v) is 4.48. The third kappa shape index (κ3) is 1.81. The molecule has 0 radical (unpaired) electrons. The molecule has 1 heterocycles. The minimum absolute atomic E-state index is 0.00292. The summed E-state index contributed by atoms with van der Waals surface area (Å²) in [6.45, 7) is 0. The lowest BCUT2D eigenvalue weighted by Crippen LogP contribution is -2.10. The highest BCUT2D eigenvalue weighted by molar-refractivity contribution is 6.04. The van der Waals surface area contributed by atoms with Crippen LogP contribution in [0.1, 0.15) is 28.9 Å². The van der Waals surface area contributed by atoms with Gasteiger partial charge in [0.05, 0.1) is 16.1 Å². The number of aryl methyl sites for hydroxylation is 1. The van der Waals surface area contributed by atoms with Crippen LogP contribution in [0.3, 0.4) is 0 Å². The topological polar surface area (TPSA) is 88.9 Å². The number of rotatable bonds is 2. The molecule has 1 aromatic heterocycles. The molecule has 0 fully saturated rings. The maximum absolute atomic E-state index is 12.0.